The Hall–Kier alpha value is -2.76. The summed E-state index contributed by atoms with van der Waals surface area (Å²) in [7, 11) is 1.49. The number of benzene rings is 2. The van der Waals surface area contributed by atoms with E-state index in [9.17, 15) is 15.2 Å². The molecule has 0 amide bonds. The summed E-state index contributed by atoms with van der Waals surface area (Å²) < 4.78 is 4.96. The minimum Gasteiger partial charge on any atom is -0.504 e. The molecule has 0 saturated heterocycles. The van der Waals surface area contributed by atoms with Crippen LogP contribution in [-0.4, -0.2) is 17.1 Å². The summed E-state index contributed by atoms with van der Waals surface area (Å²) >= 11 is 0. The molecule has 0 aliphatic rings. The molecule has 0 unspecified atom stereocenters. The summed E-state index contributed by atoms with van der Waals surface area (Å²) in [4.78, 5) is 10.1. The van der Waals surface area contributed by atoms with E-state index in [0.717, 1.165) is 11.3 Å². The third kappa shape index (κ3) is 3.17. The Morgan fingerprint density at radius 3 is 2.50 bits per heavy atom. The maximum absolute atomic E-state index is 10.5. The van der Waals surface area contributed by atoms with E-state index in [2.05, 4.69) is 5.32 Å². The van der Waals surface area contributed by atoms with Crippen LogP contribution in [0.2, 0.25) is 0 Å². The first-order valence-electron chi connectivity index (χ1n) is 5.94. The molecule has 2 aromatic rings. The maximum atomic E-state index is 10.5. The summed E-state index contributed by atoms with van der Waals surface area (Å²) in [6.07, 6.45) is 0. The number of nitrogens with zero attached hydrogens (tertiary/aromatic N) is 1. The molecule has 0 aromatic heterocycles. The van der Waals surface area contributed by atoms with Crippen LogP contribution in [0, 0.1) is 10.1 Å². The Bertz CT molecular complexity index is 611. The Labute approximate surface area is 115 Å². The van der Waals surface area contributed by atoms with Crippen molar-refractivity contribution in [2.75, 3.05) is 12.4 Å². The molecule has 0 aliphatic carbocycles. The van der Waals surface area contributed by atoms with Crippen LogP contribution in [0.1, 0.15) is 5.56 Å². The number of rotatable bonds is 5. The lowest BCUT2D eigenvalue weighted by Crippen LogP contribution is -1.99. The fourth-order valence-corrected chi connectivity index (χ4v) is 1.74. The molecule has 2 N–H and O–H groups in total. The molecule has 0 spiro atoms. The monoisotopic (exact) mass is 274 g/mol. The number of nitro benzene ring substituents is 1. The predicted octanol–water partition coefficient (Wildman–Crippen LogP) is 2.92. The first kappa shape index (κ1) is 13.7. The van der Waals surface area contributed by atoms with E-state index in [4.69, 9.17) is 4.74 Å². The van der Waals surface area contributed by atoms with Crippen molar-refractivity contribution in [3.63, 3.8) is 0 Å². The summed E-state index contributed by atoms with van der Waals surface area (Å²) in [6.45, 7) is 0.504. The normalized spacial score (nSPS) is 10.1. The minimum absolute atomic E-state index is 0.0567. The van der Waals surface area contributed by atoms with Gasteiger partial charge in [0, 0.05) is 30.4 Å². The summed E-state index contributed by atoms with van der Waals surface area (Å²) in [5, 5.41) is 23.3. The maximum Gasteiger partial charge on any atom is 0.269 e. The Morgan fingerprint density at radius 2 is 1.95 bits per heavy atom. The van der Waals surface area contributed by atoms with Crippen molar-refractivity contribution in [3.05, 3.63) is 58.1 Å². The van der Waals surface area contributed by atoms with Gasteiger partial charge in [0.1, 0.15) is 0 Å². The van der Waals surface area contributed by atoms with Crippen molar-refractivity contribution in [2.24, 2.45) is 0 Å². The topological polar surface area (TPSA) is 84.6 Å². The zero-order chi connectivity index (χ0) is 14.5. The highest BCUT2D eigenvalue weighted by Crippen LogP contribution is 2.28. The number of aromatic hydroxyl groups is 1. The van der Waals surface area contributed by atoms with Gasteiger partial charge in [-0.2, -0.15) is 0 Å². The van der Waals surface area contributed by atoms with Crippen molar-refractivity contribution >= 4 is 11.4 Å². The number of methoxy groups -OCH3 is 1. The van der Waals surface area contributed by atoms with Gasteiger partial charge >= 0.3 is 0 Å². The van der Waals surface area contributed by atoms with Crippen molar-refractivity contribution in [1.29, 1.82) is 0 Å². The molecule has 0 aliphatic heterocycles. The van der Waals surface area contributed by atoms with E-state index >= 15 is 0 Å². The van der Waals surface area contributed by atoms with E-state index in [1.54, 1.807) is 30.3 Å². The zero-order valence-corrected chi connectivity index (χ0v) is 10.9. The number of anilines is 1. The lowest BCUT2D eigenvalue weighted by molar-refractivity contribution is -0.384. The van der Waals surface area contributed by atoms with Gasteiger partial charge in [-0.25, -0.2) is 0 Å². The molecule has 0 bridgehead atoms. The first-order valence-corrected chi connectivity index (χ1v) is 5.94. The van der Waals surface area contributed by atoms with Crippen LogP contribution >= 0.6 is 0 Å². The molecular weight excluding hydrogens is 260 g/mol. The van der Waals surface area contributed by atoms with Gasteiger partial charge in [-0.05, 0) is 17.7 Å². The van der Waals surface area contributed by atoms with Crippen LogP contribution in [-0.2, 0) is 6.54 Å². The molecule has 0 heterocycles. The number of non-ortho nitro benzene ring substituents is 1. The molecule has 0 saturated carbocycles. The van der Waals surface area contributed by atoms with Gasteiger partial charge in [-0.15, -0.1) is 0 Å². The molecule has 2 aromatic carbocycles. The molecule has 0 radical (unpaired) electrons. The predicted molar refractivity (Wildman–Crippen MR) is 75.1 cm³/mol. The van der Waals surface area contributed by atoms with Gasteiger partial charge < -0.3 is 15.2 Å². The minimum atomic E-state index is -0.432. The van der Waals surface area contributed by atoms with Gasteiger partial charge in [-0.1, -0.05) is 12.1 Å². The van der Waals surface area contributed by atoms with Crippen molar-refractivity contribution in [2.45, 2.75) is 6.54 Å². The fraction of sp³-hybridized carbons (Fsp3) is 0.143. The summed E-state index contributed by atoms with van der Waals surface area (Å²) in [5.41, 5.74) is 1.71. The second-order valence-electron chi connectivity index (χ2n) is 4.16. The lowest BCUT2D eigenvalue weighted by Gasteiger charge is -2.09. The largest absolute Gasteiger partial charge is 0.504 e. The average molecular weight is 274 g/mol. The molecule has 2 rings (SSSR count). The van der Waals surface area contributed by atoms with Gasteiger partial charge in [0.2, 0.25) is 0 Å². The van der Waals surface area contributed by atoms with Crippen LogP contribution < -0.4 is 10.1 Å². The molecule has 20 heavy (non-hydrogen) atoms. The molecule has 6 heteroatoms. The molecular formula is C14H14N2O4. The zero-order valence-electron chi connectivity index (χ0n) is 10.9. The second kappa shape index (κ2) is 5.92. The Balaban J connectivity index is 2.01. The van der Waals surface area contributed by atoms with Gasteiger partial charge in [-0.3, -0.25) is 10.1 Å². The number of nitro groups is 1. The number of hydrogen-bond acceptors (Lipinski definition) is 5. The number of phenols is 1. The van der Waals surface area contributed by atoms with E-state index in [1.165, 1.54) is 19.2 Å². The number of ether oxygens (including phenoxy) is 1. The van der Waals surface area contributed by atoms with Crippen molar-refractivity contribution in [3.8, 4) is 11.5 Å². The molecule has 104 valence electrons. The standard InChI is InChI=1S/C14H14N2O4/c1-20-14-7-4-11(8-13(14)17)15-9-10-2-5-12(6-3-10)16(18)19/h2-8,15,17H,9H2,1H3. The smallest absolute Gasteiger partial charge is 0.269 e. The highest BCUT2D eigenvalue weighted by molar-refractivity contribution is 5.54. The average Bonchev–Trinajstić information content (AvgIpc) is 2.45. The lowest BCUT2D eigenvalue weighted by atomic mass is 10.2. The number of phenolic OH excluding ortho intramolecular Hbond substituents is 1. The molecule has 6 nitrogen and oxygen atoms in total. The van der Waals surface area contributed by atoms with Crippen LogP contribution in [0.25, 0.3) is 0 Å². The first-order chi connectivity index (χ1) is 9.60. The van der Waals surface area contributed by atoms with E-state index < -0.39 is 4.92 Å². The van der Waals surface area contributed by atoms with Gasteiger partial charge in [0.15, 0.2) is 11.5 Å². The van der Waals surface area contributed by atoms with Gasteiger partial charge in [0.25, 0.3) is 5.69 Å². The Kier molecular flexibility index (Phi) is 4.05. The van der Waals surface area contributed by atoms with Crippen LogP contribution in [0.4, 0.5) is 11.4 Å². The van der Waals surface area contributed by atoms with Crippen LogP contribution in [0.15, 0.2) is 42.5 Å². The van der Waals surface area contributed by atoms with Crippen LogP contribution in [0.3, 0.4) is 0 Å². The third-order valence-electron chi connectivity index (χ3n) is 2.82. The summed E-state index contributed by atoms with van der Waals surface area (Å²) in [5.74, 6) is 0.465. The SMILES string of the molecule is COc1ccc(NCc2ccc([N+](=O)[O-])cc2)cc1O. The molecule has 0 fully saturated rings. The van der Waals surface area contributed by atoms with E-state index in [0.29, 0.717) is 12.3 Å². The second-order valence-corrected chi connectivity index (χ2v) is 4.16. The number of nitrogens with one attached hydrogen (secondary N) is 1. The van der Waals surface area contributed by atoms with Gasteiger partial charge in [0.05, 0.1) is 12.0 Å². The van der Waals surface area contributed by atoms with Crippen molar-refractivity contribution < 1.29 is 14.8 Å². The summed E-state index contributed by atoms with van der Waals surface area (Å²) in [6, 6.07) is 11.3. The quantitative estimate of drug-likeness (QED) is 0.646. The van der Waals surface area contributed by atoms with E-state index in [1.807, 2.05) is 0 Å². The van der Waals surface area contributed by atoms with Crippen LogP contribution in [0.5, 0.6) is 11.5 Å². The highest BCUT2D eigenvalue weighted by Gasteiger charge is 2.05. The van der Waals surface area contributed by atoms with E-state index in [-0.39, 0.29) is 11.4 Å². The highest BCUT2D eigenvalue weighted by atomic mass is 16.6. The van der Waals surface area contributed by atoms with Crippen molar-refractivity contribution in [1.82, 2.24) is 0 Å². The fourth-order valence-electron chi connectivity index (χ4n) is 1.74. The molecule has 0 atom stereocenters. The number of hydrogen-bond donors (Lipinski definition) is 2. The Morgan fingerprint density at radius 1 is 1.25 bits per heavy atom. The third-order valence-corrected chi connectivity index (χ3v) is 2.82.